The van der Waals surface area contributed by atoms with Crippen LogP contribution in [0.25, 0.3) is 70.3 Å². The highest BCUT2D eigenvalue weighted by molar-refractivity contribution is 7.26. The molecule has 4 heteroatoms. The lowest BCUT2D eigenvalue weighted by Gasteiger charge is -2.21. The Morgan fingerprint density at radius 3 is 2.22 bits per heavy atom. The van der Waals surface area contributed by atoms with Crippen molar-refractivity contribution in [2.24, 2.45) is 0 Å². The van der Waals surface area contributed by atoms with Crippen molar-refractivity contribution in [2.75, 3.05) is 0 Å². The Kier molecular flexibility index (Phi) is 4.55. The van der Waals surface area contributed by atoms with Gasteiger partial charge in [-0.2, -0.15) is 0 Å². The van der Waals surface area contributed by atoms with Gasteiger partial charge >= 0.3 is 0 Å². The third-order valence-electron chi connectivity index (χ3n) is 8.78. The summed E-state index contributed by atoms with van der Waals surface area (Å²) >= 11 is 1.86. The lowest BCUT2D eigenvalue weighted by atomic mass is 9.85. The number of aromatic nitrogens is 3. The molecule has 3 heterocycles. The molecule has 0 aliphatic heterocycles. The van der Waals surface area contributed by atoms with Crippen LogP contribution in [-0.4, -0.2) is 14.5 Å². The van der Waals surface area contributed by atoms with E-state index < -0.39 is 0 Å². The second kappa shape index (κ2) is 8.12. The van der Waals surface area contributed by atoms with Gasteiger partial charge in [-0.05, 0) is 35.4 Å². The third-order valence-corrected chi connectivity index (χ3v) is 9.92. The third kappa shape index (κ3) is 3.03. The van der Waals surface area contributed by atoms with E-state index in [1.165, 1.54) is 42.1 Å². The summed E-state index contributed by atoms with van der Waals surface area (Å²) in [5, 5.41) is 5.11. The standard InChI is InChI=1S/C37H25N3S/c1-37(2)26-17-9-6-14-23(26)33-34(22-12-4-3-5-13-22)38-36(39-35(33)37)40-27-18-10-7-15-24(27)31-28(40)20-21-30-32(31)25-16-8-11-19-29(25)41-30/h3-21H,1-2H3. The Hall–Kier alpha value is -4.80. The Balaban J connectivity index is 1.44. The average Bonchev–Trinajstić information content (AvgIpc) is 3.63. The summed E-state index contributed by atoms with van der Waals surface area (Å²) in [7, 11) is 0. The zero-order valence-corrected chi connectivity index (χ0v) is 23.5. The van der Waals surface area contributed by atoms with Crippen LogP contribution in [0.15, 0.2) is 115 Å². The van der Waals surface area contributed by atoms with Crippen molar-refractivity contribution >= 4 is 53.3 Å². The zero-order valence-electron chi connectivity index (χ0n) is 22.7. The molecule has 3 nitrogen and oxygen atoms in total. The van der Waals surface area contributed by atoms with Crippen molar-refractivity contribution in [2.45, 2.75) is 19.3 Å². The first-order chi connectivity index (χ1) is 20.1. The predicted molar refractivity (Wildman–Crippen MR) is 172 cm³/mol. The summed E-state index contributed by atoms with van der Waals surface area (Å²) in [4.78, 5) is 10.8. The summed E-state index contributed by atoms with van der Waals surface area (Å²) in [6, 6.07) is 41.2. The number of benzene rings is 5. The van der Waals surface area contributed by atoms with Crippen LogP contribution in [0.5, 0.6) is 0 Å². The van der Waals surface area contributed by atoms with Crippen LogP contribution in [0.4, 0.5) is 0 Å². The van der Waals surface area contributed by atoms with Gasteiger partial charge in [0, 0.05) is 47.5 Å². The van der Waals surface area contributed by atoms with Gasteiger partial charge in [-0.1, -0.05) is 105 Å². The van der Waals surface area contributed by atoms with Crippen LogP contribution in [-0.2, 0) is 5.41 Å². The SMILES string of the molecule is CC1(C)c2ccccc2-c2c(-c3ccccc3)nc(-n3c4ccccc4c4c5c(ccc43)sc3ccccc35)nc21. The first kappa shape index (κ1) is 23.0. The van der Waals surface area contributed by atoms with E-state index in [0.29, 0.717) is 5.95 Å². The van der Waals surface area contributed by atoms with Gasteiger partial charge in [0.05, 0.1) is 22.4 Å². The fourth-order valence-corrected chi connectivity index (χ4v) is 8.04. The van der Waals surface area contributed by atoms with Gasteiger partial charge in [-0.25, -0.2) is 9.97 Å². The van der Waals surface area contributed by atoms with Gasteiger partial charge in [0.25, 0.3) is 0 Å². The molecule has 1 aliphatic carbocycles. The lowest BCUT2D eigenvalue weighted by molar-refractivity contribution is 0.632. The fraction of sp³-hybridized carbons (Fsp3) is 0.0811. The zero-order chi connectivity index (χ0) is 27.3. The van der Waals surface area contributed by atoms with E-state index in [1.54, 1.807) is 0 Å². The molecule has 0 saturated heterocycles. The van der Waals surface area contributed by atoms with Crippen molar-refractivity contribution in [1.29, 1.82) is 0 Å². The van der Waals surface area contributed by atoms with Crippen LogP contribution in [0.1, 0.15) is 25.1 Å². The fourth-order valence-electron chi connectivity index (χ4n) is 6.92. The van der Waals surface area contributed by atoms with Crippen LogP contribution < -0.4 is 0 Å². The number of nitrogens with zero attached hydrogens (tertiary/aromatic N) is 3. The molecule has 194 valence electrons. The molecule has 0 spiro atoms. The van der Waals surface area contributed by atoms with Gasteiger partial charge in [0.2, 0.25) is 5.95 Å². The van der Waals surface area contributed by atoms with E-state index in [2.05, 4.69) is 134 Å². The minimum Gasteiger partial charge on any atom is -0.278 e. The van der Waals surface area contributed by atoms with Gasteiger partial charge in [0.15, 0.2) is 0 Å². The number of rotatable bonds is 2. The Bertz CT molecular complexity index is 2340. The molecule has 3 aromatic heterocycles. The molecule has 0 unspecified atom stereocenters. The summed E-state index contributed by atoms with van der Waals surface area (Å²) in [6.07, 6.45) is 0. The minimum atomic E-state index is -0.247. The van der Waals surface area contributed by atoms with Crippen LogP contribution in [0, 0.1) is 0 Å². The lowest BCUT2D eigenvalue weighted by Crippen LogP contribution is -2.18. The van der Waals surface area contributed by atoms with Gasteiger partial charge in [0.1, 0.15) is 0 Å². The molecule has 0 atom stereocenters. The summed E-state index contributed by atoms with van der Waals surface area (Å²) in [5.41, 5.74) is 8.85. The van der Waals surface area contributed by atoms with Crippen molar-refractivity contribution in [3.8, 4) is 28.3 Å². The smallest absolute Gasteiger partial charge is 0.235 e. The number of hydrogen-bond donors (Lipinski definition) is 0. The van der Waals surface area contributed by atoms with Gasteiger partial charge in [-0.3, -0.25) is 4.57 Å². The highest BCUT2D eigenvalue weighted by Crippen LogP contribution is 2.51. The van der Waals surface area contributed by atoms with E-state index in [0.717, 1.165) is 33.5 Å². The molecule has 5 aromatic carbocycles. The minimum absolute atomic E-state index is 0.247. The van der Waals surface area contributed by atoms with Crippen molar-refractivity contribution in [3.63, 3.8) is 0 Å². The second-order valence-electron chi connectivity index (χ2n) is 11.4. The van der Waals surface area contributed by atoms with E-state index in [9.17, 15) is 0 Å². The van der Waals surface area contributed by atoms with Gasteiger partial charge in [-0.15, -0.1) is 11.3 Å². The molecule has 9 rings (SSSR count). The second-order valence-corrected chi connectivity index (χ2v) is 12.5. The van der Waals surface area contributed by atoms with Crippen LogP contribution in [0.2, 0.25) is 0 Å². The largest absolute Gasteiger partial charge is 0.278 e. The Labute approximate surface area is 241 Å². The highest BCUT2D eigenvalue weighted by atomic mass is 32.1. The molecule has 0 fully saturated rings. The Morgan fingerprint density at radius 2 is 1.34 bits per heavy atom. The van der Waals surface area contributed by atoms with Gasteiger partial charge < -0.3 is 0 Å². The maximum atomic E-state index is 5.43. The average molecular weight is 544 g/mol. The van der Waals surface area contributed by atoms with Crippen LogP contribution in [0.3, 0.4) is 0 Å². The molecule has 0 radical (unpaired) electrons. The monoisotopic (exact) mass is 543 g/mol. The number of thiophene rings is 1. The Morgan fingerprint density at radius 1 is 0.610 bits per heavy atom. The highest BCUT2D eigenvalue weighted by Gasteiger charge is 2.40. The molecule has 0 N–H and O–H groups in total. The normalized spacial score (nSPS) is 13.8. The first-order valence-electron chi connectivity index (χ1n) is 14.0. The summed E-state index contributed by atoms with van der Waals surface area (Å²) in [6.45, 7) is 4.58. The maximum Gasteiger partial charge on any atom is 0.235 e. The maximum absolute atomic E-state index is 5.43. The molecule has 1 aliphatic rings. The first-order valence-corrected chi connectivity index (χ1v) is 14.8. The summed E-state index contributed by atoms with van der Waals surface area (Å²) in [5.74, 6) is 0.716. The number of para-hydroxylation sites is 1. The van der Waals surface area contributed by atoms with Crippen LogP contribution >= 0.6 is 11.3 Å². The molecule has 8 aromatic rings. The quantitative estimate of drug-likeness (QED) is 0.217. The number of fused-ring (bicyclic) bond motifs is 10. The molecule has 0 amide bonds. The van der Waals surface area contributed by atoms with Crippen molar-refractivity contribution in [3.05, 3.63) is 127 Å². The summed E-state index contributed by atoms with van der Waals surface area (Å²) < 4.78 is 4.90. The molecular weight excluding hydrogens is 518 g/mol. The van der Waals surface area contributed by atoms with Crippen molar-refractivity contribution < 1.29 is 0 Å². The predicted octanol–water partition coefficient (Wildman–Crippen LogP) is 9.91. The molecule has 0 saturated carbocycles. The van der Waals surface area contributed by atoms with Crippen molar-refractivity contribution in [1.82, 2.24) is 14.5 Å². The van der Waals surface area contributed by atoms with E-state index in [4.69, 9.17) is 9.97 Å². The van der Waals surface area contributed by atoms with E-state index >= 15 is 0 Å². The molecular formula is C37H25N3S. The van der Waals surface area contributed by atoms with E-state index in [-0.39, 0.29) is 5.41 Å². The van der Waals surface area contributed by atoms with E-state index in [1.807, 2.05) is 11.3 Å². The molecule has 0 bridgehead atoms. The topological polar surface area (TPSA) is 30.7 Å². The number of hydrogen-bond acceptors (Lipinski definition) is 3. The molecule has 41 heavy (non-hydrogen) atoms.